The van der Waals surface area contributed by atoms with Crippen LogP contribution in [0.15, 0.2) is 48.7 Å². The second-order valence-electron chi connectivity index (χ2n) is 3.38. The van der Waals surface area contributed by atoms with Gasteiger partial charge in [-0.25, -0.2) is 0 Å². The van der Waals surface area contributed by atoms with E-state index in [4.69, 9.17) is 4.74 Å². The van der Waals surface area contributed by atoms with Gasteiger partial charge in [0, 0.05) is 18.9 Å². The Kier molecular flexibility index (Phi) is 3.38. The third-order valence-corrected chi connectivity index (χ3v) is 2.26. The smallest absolute Gasteiger partial charge is 0.130 e. The lowest BCUT2D eigenvalue weighted by Crippen LogP contribution is -1.97. The Hall–Kier alpha value is -2.03. The molecule has 1 aromatic carbocycles. The van der Waals surface area contributed by atoms with E-state index in [1.807, 2.05) is 49.5 Å². The Labute approximate surface area is 95.1 Å². The summed E-state index contributed by atoms with van der Waals surface area (Å²) in [6.07, 6.45) is 1.77. The standard InChI is InChI=1S/C13H14N2O/c1-14-11-5-7-13(8-6-11)16-10-12-4-2-3-9-15-12/h2-9,14H,10H2,1H3. The maximum absolute atomic E-state index is 5.60. The van der Waals surface area contributed by atoms with E-state index in [-0.39, 0.29) is 0 Å². The number of nitrogens with zero attached hydrogens (tertiary/aromatic N) is 1. The van der Waals surface area contributed by atoms with Gasteiger partial charge in [-0.05, 0) is 36.4 Å². The fraction of sp³-hybridized carbons (Fsp3) is 0.154. The van der Waals surface area contributed by atoms with Gasteiger partial charge in [-0.15, -0.1) is 0 Å². The molecule has 0 saturated carbocycles. The number of aromatic nitrogens is 1. The molecule has 0 aliphatic rings. The summed E-state index contributed by atoms with van der Waals surface area (Å²) >= 11 is 0. The summed E-state index contributed by atoms with van der Waals surface area (Å²) < 4.78 is 5.60. The van der Waals surface area contributed by atoms with Gasteiger partial charge in [0.05, 0.1) is 5.69 Å². The molecule has 2 rings (SSSR count). The van der Waals surface area contributed by atoms with Gasteiger partial charge in [0.25, 0.3) is 0 Å². The quantitative estimate of drug-likeness (QED) is 0.849. The van der Waals surface area contributed by atoms with Crippen LogP contribution in [0.1, 0.15) is 5.69 Å². The average molecular weight is 214 g/mol. The van der Waals surface area contributed by atoms with E-state index in [0.29, 0.717) is 6.61 Å². The van der Waals surface area contributed by atoms with Crippen LogP contribution >= 0.6 is 0 Å². The zero-order valence-electron chi connectivity index (χ0n) is 9.18. The van der Waals surface area contributed by atoms with Gasteiger partial charge in [-0.2, -0.15) is 0 Å². The van der Waals surface area contributed by atoms with E-state index >= 15 is 0 Å². The van der Waals surface area contributed by atoms with Crippen LogP contribution in [0.3, 0.4) is 0 Å². The number of anilines is 1. The number of benzene rings is 1. The molecule has 0 bridgehead atoms. The van der Waals surface area contributed by atoms with Gasteiger partial charge in [-0.3, -0.25) is 4.98 Å². The lowest BCUT2D eigenvalue weighted by Gasteiger charge is -2.06. The molecule has 2 aromatic rings. The minimum atomic E-state index is 0.500. The zero-order valence-corrected chi connectivity index (χ0v) is 9.18. The van der Waals surface area contributed by atoms with Gasteiger partial charge < -0.3 is 10.1 Å². The molecule has 0 spiro atoms. The Morgan fingerprint density at radius 1 is 1.12 bits per heavy atom. The third kappa shape index (κ3) is 2.73. The second-order valence-corrected chi connectivity index (χ2v) is 3.38. The van der Waals surface area contributed by atoms with Crippen LogP contribution in [0.4, 0.5) is 5.69 Å². The fourth-order valence-corrected chi connectivity index (χ4v) is 1.36. The Morgan fingerprint density at radius 2 is 1.94 bits per heavy atom. The lowest BCUT2D eigenvalue weighted by molar-refractivity contribution is 0.301. The molecule has 0 aliphatic carbocycles. The molecule has 1 heterocycles. The molecule has 0 saturated heterocycles. The maximum atomic E-state index is 5.60. The number of pyridine rings is 1. The molecule has 1 aromatic heterocycles. The topological polar surface area (TPSA) is 34.1 Å². The molecule has 16 heavy (non-hydrogen) atoms. The molecule has 0 fully saturated rings. The first-order chi connectivity index (χ1) is 7.88. The number of nitrogens with one attached hydrogen (secondary N) is 1. The van der Waals surface area contributed by atoms with Gasteiger partial charge in [0.1, 0.15) is 12.4 Å². The monoisotopic (exact) mass is 214 g/mol. The third-order valence-electron chi connectivity index (χ3n) is 2.26. The van der Waals surface area contributed by atoms with Crippen molar-refractivity contribution in [1.82, 2.24) is 4.98 Å². The number of rotatable bonds is 4. The van der Waals surface area contributed by atoms with E-state index in [2.05, 4.69) is 10.3 Å². The van der Waals surface area contributed by atoms with Crippen molar-refractivity contribution in [3.63, 3.8) is 0 Å². The minimum Gasteiger partial charge on any atom is -0.487 e. The van der Waals surface area contributed by atoms with Crippen molar-refractivity contribution in [1.29, 1.82) is 0 Å². The van der Waals surface area contributed by atoms with Crippen LogP contribution in [0.25, 0.3) is 0 Å². The van der Waals surface area contributed by atoms with Crippen LogP contribution < -0.4 is 10.1 Å². The summed E-state index contributed by atoms with van der Waals surface area (Å²) in [7, 11) is 1.89. The van der Waals surface area contributed by atoms with E-state index in [9.17, 15) is 0 Å². The van der Waals surface area contributed by atoms with Gasteiger partial charge >= 0.3 is 0 Å². The summed E-state index contributed by atoms with van der Waals surface area (Å²) in [6, 6.07) is 13.6. The van der Waals surface area contributed by atoms with Crippen molar-refractivity contribution in [3.8, 4) is 5.75 Å². The summed E-state index contributed by atoms with van der Waals surface area (Å²) in [5.41, 5.74) is 2.00. The molecule has 0 amide bonds. The van der Waals surface area contributed by atoms with Gasteiger partial charge in [-0.1, -0.05) is 6.07 Å². The van der Waals surface area contributed by atoms with E-state index in [1.165, 1.54) is 0 Å². The molecule has 0 radical (unpaired) electrons. The lowest BCUT2D eigenvalue weighted by atomic mass is 10.3. The highest BCUT2D eigenvalue weighted by atomic mass is 16.5. The summed E-state index contributed by atoms with van der Waals surface area (Å²) in [4.78, 5) is 4.19. The van der Waals surface area contributed by atoms with Crippen LogP contribution in [0.2, 0.25) is 0 Å². The minimum absolute atomic E-state index is 0.500. The SMILES string of the molecule is CNc1ccc(OCc2ccccn2)cc1. The van der Waals surface area contributed by atoms with Crippen molar-refractivity contribution in [3.05, 3.63) is 54.4 Å². The van der Waals surface area contributed by atoms with Crippen molar-refractivity contribution in [2.45, 2.75) is 6.61 Å². The molecule has 0 aliphatic heterocycles. The second kappa shape index (κ2) is 5.16. The van der Waals surface area contributed by atoms with Gasteiger partial charge in [0.2, 0.25) is 0 Å². The Balaban J connectivity index is 1.94. The first-order valence-electron chi connectivity index (χ1n) is 5.19. The molecule has 0 atom stereocenters. The van der Waals surface area contributed by atoms with E-state index in [1.54, 1.807) is 6.20 Å². The molecule has 82 valence electrons. The Bertz CT molecular complexity index is 425. The van der Waals surface area contributed by atoms with Crippen molar-refractivity contribution in [2.24, 2.45) is 0 Å². The molecular weight excluding hydrogens is 200 g/mol. The predicted molar refractivity (Wildman–Crippen MR) is 64.6 cm³/mol. The zero-order chi connectivity index (χ0) is 11.2. The highest BCUT2D eigenvalue weighted by molar-refractivity contribution is 5.45. The van der Waals surface area contributed by atoms with Gasteiger partial charge in [0.15, 0.2) is 0 Å². The fourth-order valence-electron chi connectivity index (χ4n) is 1.36. The van der Waals surface area contributed by atoms with Crippen LogP contribution in [0, 0.1) is 0 Å². The molecule has 3 nitrogen and oxygen atoms in total. The first-order valence-corrected chi connectivity index (χ1v) is 5.19. The van der Waals surface area contributed by atoms with Crippen molar-refractivity contribution in [2.75, 3.05) is 12.4 Å². The largest absolute Gasteiger partial charge is 0.487 e. The highest BCUT2D eigenvalue weighted by Gasteiger charge is 1.96. The summed E-state index contributed by atoms with van der Waals surface area (Å²) in [5, 5.41) is 3.06. The van der Waals surface area contributed by atoms with Crippen LogP contribution in [-0.4, -0.2) is 12.0 Å². The number of hydrogen-bond donors (Lipinski definition) is 1. The van der Waals surface area contributed by atoms with Crippen molar-refractivity contribution < 1.29 is 4.74 Å². The number of ether oxygens (including phenoxy) is 1. The van der Waals surface area contributed by atoms with Crippen LogP contribution in [0.5, 0.6) is 5.75 Å². The van der Waals surface area contributed by atoms with E-state index < -0.39 is 0 Å². The maximum Gasteiger partial charge on any atom is 0.130 e. The predicted octanol–water partition coefficient (Wildman–Crippen LogP) is 2.70. The molecule has 3 heteroatoms. The summed E-state index contributed by atoms with van der Waals surface area (Å²) in [5.74, 6) is 0.852. The molecular formula is C13H14N2O. The number of hydrogen-bond acceptors (Lipinski definition) is 3. The first kappa shape index (κ1) is 10.5. The van der Waals surface area contributed by atoms with Crippen molar-refractivity contribution >= 4 is 5.69 Å². The highest BCUT2D eigenvalue weighted by Crippen LogP contribution is 2.15. The van der Waals surface area contributed by atoms with E-state index in [0.717, 1.165) is 17.1 Å². The summed E-state index contributed by atoms with van der Waals surface area (Å²) in [6.45, 7) is 0.500. The van der Waals surface area contributed by atoms with Crippen LogP contribution in [-0.2, 0) is 6.61 Å². The normalized spacial score (nSPS) is 9.81. The Morgan fingerprint density at radius 3 is 2.56 bits per heavy atom. The molecule has 0 unspecified atom stereocenters. The molecule has 1 N–H and O–H groups in total. The average Bonchev–Trinajstić information content (AvgIpc) is 2.38.